The van der Waals surface area contributed by atoms with E-state index in [9.17, 15) is 27.9 Å². The monoisotopic (exact) mass is 391 g/mol. The minimum Gasteiger partial charge on any atom is -0.374 e. The number of imidazole rings is 1. The van der Waals surface area contributed by atoms with Crippen LogP contribution in [-0.4, -0.2) is 63.9 Å². The van der Waals surface area contributed by atoms with E-state index in [1.807, 2.05) is 0 Å². The maximum Gasteiger partial charge on any atom is 0.424 e. The lowest BCUT2D eigenvalue weighted by molar-refractivity contribution is -0.272. The van der Waals surface area contributed by atoms with Gasteiger partial charge in [-0.3, -0.25) is 4.79 Å². The fourth-order valence-electron chi connectivity index (χ4n) is 2.98. The number of rotatable bonds is 8. The number of carbonyl (C=O) groups is 2. The number of likely N-dealkylation sites (tertiary alicyclic amines) is 1. The van der Waals surface area contributed by atoms with Crippen LogP contribution < -0.4 is 10.6 Å². The molecule has 1 atom stereocenters. The number of aromatic nitrogens is 2. The topological polar surface area (TPSA) is 99.5 Å². The number of aliphatic hydroxyl groups is 1. The highest BCUT2D eigenvalue weighted by Crippen LogP contribution is 2.40. The van der Waals surface area contributed by atoms with Gasteiger partial charge in [0.15, 0.2) is 0 Å². The van der Waals surface area contributed by atoms with E-state index in [1.54, 1.807) is 4.90 Å². The van der Waals surface area contributed by atoms with Gasteiger partial charge in [0.2, 0.25) is 11.5 Å². The maximum absolute atomic E-state index is 13.3. The van der Waals surface area contributed by atoms with Crippen molar-refractivity contribution in [1.82, 2.24) is 25.1 Å². The number of urea groups is 1. The molecule has 11 heteroatoms. The Hall–Kier alpha value is -2.30. The molecule has 1 saturated heterocycles. The highest BCUT2D eigenvalue weighted by atomic mass is 19.4. The Morgan fingerprint density at radius 1 is 1.33 bits per heavy atom. The van der Waals surface area contributed by atoms with Crippen molar-refractivity contribution in [2.24, 2.45) is 7.05 Å². The molecule has 0 saturated carbocycles. The average molecular weight is 391 g/mol. The first-order chi connectivity index (χ1) is 12.6. The predicted molar refractivity (Wildman–Crippen MR) is 89.6 cm³/mol. The first-order valence-corrected chi connectivity index (χ1v) is 8.71. The number of hydrogen-bond acceptors (Lipinski definition) is 4. The molecule has 3 N–H and O–H groups in total. The summed E-state index contributed by atoms with van der Waals surface area (Å²) >= 11 is 0. The second-order valence-electron chi connectivity index (χ2n) is 6.49. The summed E-state index contributed by atoms with van der Waals surface area (Å²) < 4.78 is 41.1. The van der Waals surface area contributed by atoms with Crippen molar-refractivity contribution in [2.45, 2.75) is 37.5 Å². The van der Waals surface area contributed by atoms with E-state index in [4.69, 9.17) is 0 Å². The molecule has 0 spiro atoms. The van der Waals surface area contributed by atoms with Crippen molar-refractivity contribution in [1.29, 1.82) is 0 Å². The number of hydrogen-bond donors (Lipinski definition) is 3. The van der Waals surface area contributed by atoms with Gasteiger partial charge < -0.3 is 25.2 Å². The Morgan fingerprint density at radius 2 is 2.04 bits per heavy atom. The van der Waals surface area contributed by atoms with Crippen LogP contribution in [0.4, 0.5) is 18.0 Å². The molecule has 1 aliphatic rings. The second kappa shape index (κ2) is 8.59. The highest BCUT2D eigenvalue weighted by Gasteiger charge is 2.57. The molecule has 0 bridgehead atoms. The molecule has 2 heterocycles. The van der Waals surface area contributed by atoms with Crippen LogP contribution in [0.15, 0.2) is 12.4 Å². The van der Waals surface area contributed by atoms with E-state index in [2.05, 4.69) is 15.6 Å². The maximum atomic E-state index is 13.3. The third-order valence-corrected chi connectivity index (χ3v) is 4.49. The van der Waals surface area contributed by atoms with Crippen molar-refractivity contribution < 1.29 is 27.9 Å². The van der Waals surface area contributed by atoms with Crippen LogP contribution in [0.25, 0.3) is 0 Å². The molecule has 152 valence electrons. The van der Waals surface area contributed by atoms with E-state index in [1.165, 1.54) is 13.2 Å². The van der Waals surface area contributed by atoms with Gasteiger partial charge in [-0.05, 0) is 12.8 Å². The molecule has 1 unspecified atom stereocenters. The van der Waals surface area contributed by atoms with Crippen LogP contribution in [-0.2, 0) is 17.4 Å². The third-order valence-electron chi connectivity index (χ3n) is 4.49. The lowest BCUT2D eigenvalue weighted by Gasteiger charge is -2.30. The molecule has 1 aromatic rings. The fourth-order valence-corrected chi connectivity index (χ4v) is 2.98. The predicted octanol–water partition coefficient (Wildman–Crippen LogP) is 0.872. The van der Waals surface area contributed by atoms with Crippen molar-refractivity contribution in [3.8, 4) is 0 Å². The molecule has 2 rings (SSSR count). The van der Waals surface area contributed by atoms with Gasteiger partial charge in [0, 0.05) is 58.5 Å². The Balaban J connectivity index is 1.75. The van der Waals surface area contributed by atoms with Crippen LogP contribution >= 0.6 is 0 Å². The quantitative estimate of drug-likeness (QED) is 0.573. The van der Waals surface area contributed by atoms with Gasteiger partial charge in [-0.1, -0.05) is 0 Å². The minimum atomic E-state index is -4.94. The molecule has 27 heavy (non-hydrogen) atoms. The number of halogens is 3. The Kier molecular flexibility index (Phi) is 6.68. The molecule has 0 aliphatic carbocycles. The van der Waals surface area contributed by atoms with Crippen LogP contribution in [0.3, 0.4) is 0 Å². The molecule has 0 aromatic carbocycles. The number of nitrogens with zero attached hydrogens (tertiary/aromatic N) is 3. The molecular weight excluding hydrogens is 367 g/mol. The first kappa shape index (κ1) is 21.0. The molecule has 1 aromatic heterocycles. The zero-order valence-electron chi connectivity index (χ0n) is 15.1. The molecule has 1 aliphatic heterocycles. The second-order valence-corrected chi connectivity index (χ2v) is 6.49. The van der Waals surface area contributed by atoms with E-state index in [-0.39, 0.29) is 12.5 Å². The molecule has 3 amide bonds. The first-order valence-electron chi connectivity index (χ1n) is 8.71. The zero-order valence-corrected chi connectivity index (χ0v) is 15.1. The van der Waals surface area contributed by atoms with Crippen molar-refractivity contribution >= 4 is 11.9 Å². The summed E-state index contributed by atoms with van der Waals surface area (Å²) in [6, 6.07) is -0.632. The Labute approximate surface area is 154 Å². The number of amides is 3. The normalized spacial score (nSPS) is 17.1. The van der Waals surface area contributed by atoms with Gasteiger partial charge in [-0.15, -0.1) is 0 Å². The molecule has 0 radical (unpaired) electrons. The van der Waals surface area contributed by atoms with E-state index in [0.29, 0.717) is 32.5 Å². The summed E-state index contributed by atoms with van der Waals surface area (Å²) in [6.07, 6.45) is -1.30. The van der Waals surface area contributed by atoms with Gasteiger partial charge in [-0.2, -0.15) is 13.2 Å². The van der Waals surface area contributed by atoms with Gasteiger partial charge in [0.1, 0.15) is 5.82 Å². The van der Waals surface area contributed by atoms with Crippen LogP contribution in [0, 0.1) is 0 Å². The third kappa shape index (κ3) is 5.12. The Morgan fingerprint density at radius 3 is 2.59 bits per heavy atom. The summed E-state index contributed by atoms with van der Waals surface area (Å²) in [5.74, 6) is -0.437. The SMILES string of the molecule is Cn1ccnc1C(O)(CCNC(=O)NCCCN1CCCC1=O)C(F)(F)F. The summed E-state index contributed by atoms with van der Waals surface area (Å²) in [5, 5.41) is 15.0. The van der Waals surface area contributed by atoms with Gasteiger partial charge in [0.05, 0.1) is 0 Å². The number of nitrogens with one attached hydrogen (secondary N) is 2. The van der Waals surface area contributed by atoms with Crippen LogP contribution in [0.2, 0.25) is 0 Å². The molecule has 8 nitrogen and oxygen atoms in total. The molecule has 1 fully saturated rings. The Bertz CT molecular complexity index is 664. The smallest absolute Gasteiger partial charge is 0.374 e. The molecular formula is C16H24F3N5O3. The summed E-state index contributed by atoms with van der Waals surface area (Å²) in [6.45, 7) is 1.15. The number of aryl methyl sites for hydroxylation is 1. The average Bonchev–Trinajstić information content (AvgIpc) is 3.19. The van der Waals surface area contributed by atoms with Crippen LogP contribution in [0.1, 0.15) is 31.5 Å². The van der Waals surface area contributed by atoms with Crippen LogP contribution in [0.5, 0.6) is 0 Å². The van der Waals surface area contributed by atoms with E-state index in [0.717, 1.165) is 17.2 Å². The van der Waals surface area contributed by atoms with Crippen molar-refractivity contribution in [3.63, 3.8) is 0 Å². The fraction of sp³-hybridized carbons (Fsp3) is 0.688. The van der Waals surface area contributed by atoms with Gasteiger partial charge in [0.25, 0.3) is 0 Å². The summed E-state index contributed by atoms with van der Waals surface area (Å²) in [7, 11) is 1.35. The minimum absolute atomic E-state index is 0.0974. The van der Waals surface area contributed by atoms with Crippen molar-refractivity contribution in [2.75, 3.05) is 26.2 Å². The largest absolute Gasteiger partial charge is 0.424 e. The number of alkyl halides is 3. The summed E-state index contributed by atoms with van der Waals surface area (Å²) in [4.78, 5) is 28.5. The van der Waals surface area contributed by atoms with E-state index < -0.39 is 30.1 Å². The number of carbonyl (C=O) groups excluding carboxylic acids is 2. The summed E-state index contributed by atoms with van der Waals surface area (Å²) in [5.41, 5.74) is -3.16. The zero-order chi connectivity index (χ0) is 20.1. The lowest BCUT2D eigenvalue weighted by Crippen LogP contribution is -2.47. The van der Waals surface area contributed by atoms with Crippen molar-refractivity contribution in [3.05, 3.63) is 18.2 Å². The van der Waals surface area contributed by atoms with Gasteiger partial charge in [-0.25, -0.2) is 9.78 Å². The lowest BCUT2D eigenvalue weighted by atomic mass is 9.97. The van der Waals surface area contributed by atoms with Gasteiger partial charge >= 0.3 is 12.2 Å². The van der Waals surface area contributed by atoms with E-state index >= 15 is 0 Å². The standard InChI is InChI=1S/C16H24F3N5O3/c1-23-11-8-20-13(23)15(27,16(17,18)19)5-7-22-14(26)21-6-3-10-24-9-2-4-12(24)25/h8,11,27H,2-7,9-10H2,1H3,(H2,21,22,26). The highest BCUT2D eigenvalue weighted by molar-refractivity contribution is 5.78.